The third-order valence-corrected chi connectivity index (χ3v) is 2.70. The zero-order valence-electron chi connectivity index (χ0n) is 9.67. The fourth-order valence-electron chi connectivity index (χ4n) is 1.47. The van der Waals surface area contributed by atoms with Crippen molar-refractivity contribution in [3.05, 3.63) is 34.9 Å². The maximum Gasteiger partial charge on any atom is 0.0666 e. The molecule has 1 atom stereocenters. The minimum Gasteiger partial charge on any atom is -0.311 e. The number of nitriles is 1. The molecule has 1 aromatic rings. The molecule has 0 saturated carbocycles. The van der Waals surface area contributed by atoms with Gasteiger partial charge < -0.3 is 5.32 Å². The first-order chi connectivity index (χ1) is 7.15. The first-order valence-electron chi connectivity index (χ1n) is 5.30. The molecule has 0 aliphatic carbocycles. The second-order valence-corrected chi connectivity index (χ2v) is 4.02. The van der Waals surface area contributed by atoms with Crippen LogP contribution < -0.4 is 5.32 Å². The third kappa shape index (κ3) is 3.38. The molecule has 0 fully saturated rings. The predicted molar refractivity (Wildman–Crippen MR) is 62.4 cm³/mol. The summed E-state index contributed by atoms with van der Waals surface area (Å²) in [7, 11) is 0. The van der Waals surface area contributed by atoms with Crippen LogP contribution in [0, 0.1) is 31.1 Å². The summed E-state index contributed by atoms with van der Waals surface area (Å²) in [4.78, 5) is 0. The molecule has 0 heterocycles. The Labute approximate surface area is 91.9 Å². The smallest absolute Gasteiger partial charge is 0.0666 e. The van der Waals surface area contributed by atoms with Gasteiger partial charge in [-0.15, -0.1) is 0 Å². The van der Waals surface area contributed by atoms with E-state index < -0.39 is 0 Å². The van der Waals surface area contributed by atoms with Crippen molar-refractivity contribution in [1.82, 2.24) is 5.32 Å². The van der Waals surface area contributed by atoms with Gasteiger partial charge in [0.1, 0.15) is 0 Å². The van der Waals surface area contributed by atoms with E-state index in [-0.39, 0.29) is 5.92 Å². The number of hydrogen-bond acceptors (Lipinski definition) is 2. The van der Waals surface area contributed by atoms with Crippen LogP contribution in [0.4, 0.5) is 0 Å². The molecule has 0 bridgehead atoms. The third-order valence-electron chi connectivity index (χ3n) is 2.70. The maximum atomic E-state index is 8.64. The van der Waals surface area contributed by atoms with E-state index in [2.05, 4.69) is 43.4 Å². The van der Waals surface area contributed by atoms with Gasteiger partial charge in [0.05, 0.1) is 12.0 Å². The summed E-state index contributed by atoms with van der Waals surface area (Å²) >= 11 is 0. The summed E-state index contributed by atoms with van der Waals surface area (Å²) in [6.07, 6.45) is 0. The van der Waals surface area contributed by atoms with Crippen molar-refractivity contribution in [2.45, 2.75) is 27.3 Å². The molecular formula is C13H18N2. The number of nitrogens with one attached hydrogen (secondary N) is 1. The van der Waals surface area contributed by atoms with Gasteiger partial charge in [-0.2, -0.15) is 5.26 Å². The quantitative estimate of drug-likeness (QED) is 0.814. The Morgan fingerprint density at radius 2 is 2.13 bits per heavy atom. The van der Waals surface area contributed by atoms with Gasteiger partial charge in [0.25, 0.3) is 0 Å². The standard InChI is InChI=1S/C13H18N2/c1-10(7-14)8-15-9-13-6-4-5-11(2)12(13)3/h4-6,10,15H,8-9H2,1-3H3. The molecule has 1 rings (SSSR count). The molecule has 1 aromatic carbocycles. The molecule has 0 saturated heterocycles. The molecule has 2 nitrogen and oxygen atoms in total. The summed E-state index contributed by atoms with van der Waals surface area (Å²) in [5.74, 6) is 0.0788. The Balaban J connectivity index is 2.52. The number of nitrogens with zero attached hydrogens (tertiary/aromatic N) is 1. The molecular weight excluding hydrogens is 184 g/mol. The van der Waals surface area contributed by atoms with E-state index in [4.69, 9.17) is 5.26 Å². The molecule has 1 N–H and O–H groups in total. The molecule has 1 unspecified atom stereocenters. The molecule has 80 valence electrons. The number of aryl methyl sites for hydroxylation is 1. The van der Waals surface area contributed by atoms with E-state index in [0.717, 1.165) is 13.1 Å². The van der Waals surface area contributed by atoms with Gasteiger partial charge in [-0.1, -0.05) is 18.2 Å². The van der Waals surface area contributed by atoms with Gasteiger partial charge >= 0.3 is 0 Å². The van der Waals surface area contributed by atoms with E-state index in [9.17, 15) is 0 Å². The Hall–Kier alpha value is -1.33. The minimum absolute atomic E-state index is 0.0788. The molecule has 0 amide bonds. The van der Waals surface area contributed by atoms with Crippen molar-refractivity contribution >= 4 is 0 Å². The average Bonchev–Trinajstić information content (AvgIpc) is 2.24. The zero-order chi connectivity index (χ0) is 11.3. The first-order valence-corrected chi connectivity index (χ1v) is 5.30. The molecule has 2 heteroatoms. The Morgan fingerprint density at radius 1 is 1.40 bits per heavy atom. The second kappa shape index (κ2) is 5.53. The lowest BCUT2D eigenvalue weighted by molar-refractivity contribution is 0.600. The topological polar surface area (TPSA) is 35.8 Å². The van der Waals surface area contributed by atoms with Gasteiger partial charge in [-0.25, -0.2) is 0 Å². The lowest BCUT2D eigenvalue weighted by atomic mass is 10.0. The van der Waals surface area contributed by atoms with E-state index >= 15 is 0 Å². The lowest BCUT2D eigenvalue weighted by Gasteiger charge is -2.10. The van der Waals surface area contributed by atoms with Crippen molar-refractivity contribution in [2.75, 3.05) is 6.54 Å². The Bertz CT molecular complexity index is 363. The maximum absolute atomic E-state index is 8.64. The van der Waals surface area contributed by atoms with E-state index in [1.165, 1.54) is 16.7 Å². The van der Waals surface area contributed by atoms with Gasteiger partial charge in [-0.3, -0.25) is 0 Å². The number of benzene rings is 1. The van der Waals surface area contributed by atoms with Crippen molar-refractivity contribution in [1.29, 1.82) is 5.26 Å². The summed E-state index contributed by atoms with van der Waals surface area (Å²) in [5, 5.41) is 11.9. The van der Waals surface area contributed by atoms with Crippen LogP contribution in [0.5, 0.6) is 0 Å². The van der Waals surface area contributed by atoms with Gasteiger partial charge in [-0.05, 0) is 37.5 Å². The minimum atomic E-state index is 0.0788. The van der Waals surface area contributed by atoms with Gasteiger partial charge in [0.2, 0.25) is 0 Å². The zero-order valence-corrected chi connectivity index (χ0v) is 9.67. The number of hydrogen-bond donors (Lipinski definition) is 1. The van der Waals surface area contributed by atoms with Crippen LogP contribution in [0.3, 0.4) is 0 Å². The van der Waals surface area contributed by atoms with Crippen LogP contribution in [0.25, 0.3) is 0 Å². The van der Waals surface area contributed by atoms with Crippen molar-refractivity contribution in [2.24, 2.45) is 5.92 Å². The van der Waals surface area contributed by atoms with E-state index in [1.807, 2.05) is 6.92 Å². The van der Waals surface area contributed by atoms with Gasteiger partial charge in [0, 0.05) is 13.1 Å². The van der Waals surface area contributed by atoms with E-state index in [1.54, 1.807) is 0 Å². The normalized spacial score (nSPS) is 12.1. The fourth-order valence-corrected chi connectivity index (χ4v) is 1.47. The second-order valence-electron chi connectivity index (χ2n) is 4.02. The van der Waals surface area contributed by atoms with Crippen LogP contribution in [0.15, 0.2) is 18.2 Å². The van der Waals surface area contributed by atoms with Crippen LogP contribution in [-0.2, 0) is 6.54 Å². The van der Waals surface area contributed by atoms with E-state index in [0.29, 0.717) is 0 Å². The average molecular weight is 202 g/mol. The molecule has 0 radical (unpaired) electrons. The molecule has 0 aliphatic rings. The van der Waals surface area contributed by atoms with Crippen LogP contribution >= 0.6 is 0 Å². The van der Waals surface area contributed by atoms with Crippen LogP contribution in [0.2, 0.25) is 0 Å². The Morgan fingerprint density at radius 3 is 2.80 bits per heavy atom. The predicted octanol–water partition coefficient (Wildman–Crippen LogP) is 2.55. The number of rotatable bonds is 4. The highest BCUT2D eigenvalue weighted by Crippen LogP contribution is 2.12. The van der Waals surface area contributed by atoms with Crippen molar-refractivity contribution < 1.29 is 0 Å². The van der Waals surface area contributed by atoms with Crippen LogP contribution in [0.1, 0.15) is 23.6 Å². The van der Waals surface area contributed by atoms with Crippen molar-refractivity contribution in [3.63, 3.8) is 0 Å². The molecule has 15 heavy (non-hydrogen) atoms. The van der Waals surface area contributed by atoms with Crippen LogP contribution in [-0.4, -0.2) is 6.54 Å². The summed E-state index contributed by atoms with van der Waals surface area (Å²) in [6.45, 7) is 7.79. The monoisotopic (exact) mass is 202 g/mol. The first kappa shape index (κ1) is 11.7. The summed E-state index contributed by atoms with van der Waals surface area (Å²) in [5.41, 5.74) is 3.98. The Kier molecular flexibility index (Phi) is 4.33. The summed E-state index contributed by atoms with van der Waals surface area (Å²) < 4.78 is 0. The molecule has 0 aromatic heterocycles. The molecule has 0 aliphatic heterocycles. The largest absolute Gasteiger partial charge is 0.311 e. The molecule has 0 spiro atoms. The van der Waals surface area contributed by atoms with Gasteiger partial charge in [0.15, 0.2) is 0 Å². The van der Waals surface area contributed by atoms with Crippen molar-refractivity contribution in [3.8, 4) is 6.07 Å². The SMILES string of the molecule is Cc1cccc(CNCC(C)C#N)c1C. The highest BCUT2D eigenvalue weighted by atomic mass is 14.9. The highest BCUT2D eigenvalue weighted by Gasteiger charge is 2.02. The lowest BCUT2D eigenvalue weighted by Crippen LogP contribution is -2.20. The highest BCUT2D eigenvalue weighted by molar-refractivity contribution is 5.32. The fraction of sp³-hybridized carbons (Fsp3) is 0.462. The summed E-state index contributed by atoms with van der Waals surface area (Å²) in [6, 6.07) is 8.54.